The van der Waals surface area contributed by atoms with Crippen molar-refractivity contribution in [3.05, 3.63) is 29.8 Å². The number of ether oxygens (including phenoxy) is 1. The van der Waals surface area contributed by atoms with Crippen LogP contribution in [0.5, 0.6) is 5.75 Å². The average molecular weight is 256 g/mol. The van der Waals surface area contributed by atoms with Gasteiger partial charge in [-0.1, -0.05) is 12.1 Å². The summed E-state index contributed by atoms with van der Waals surface area (Å²) in [5, 5.41) is 0. The normalized spacial score (nSPS) is 15.8. The molecule has 2 rings (SSSR count). The predicted octanol–water partition coefficient (Wildman–Crippen LogP) is 0.388. The lowest BCUT2D eigenvalue weighted by atomic mass is 10.1. The summed E-state index contributed by atoms with van der Waals surface area (Å²) in [6.07, 6.45) is 0.657. The van der Waals surface area contributed by atoms with Crippen molar-refractivity contribution in [2.24, 2.45) is 0 Å². The van der Waals surface area contributed by atoms with Gasteiger partial charge in [-0.05, 0) is 24.1 Å². The highest BCUT2D eigenvalue weighted by molar-refractivity contribution is 7.87. The number of hydrogen-bond acceptors (Lipinski definition) is 3. The van der Waals surface area contributed by atoms with E-state index in [1.807, 2.05) is 24.3 Å². The van der Waals surface area contributed by atoms with Gasteiger partial charge in [0, 0.05) is 19.6 Å². The first kappa shape index (κ1) is 12.3. The third-order valence-corrected chi connectivity index (χ3v) is 4.19. The molecule has 5 nitrogen and oxygen atoms in total. The molecule has 6 heteroatoms. The molecule has 0 aromatic heterocycles. The van der Waals surface area contributed by atoms with Crippen LogP contribution in [0.1, 0.15) is 5.56 Å². The Bertz CT molecular complexity index is 483. The van der Waals surface area contributed by atoms with E-state index in [4.69, 9.17) is 4.74 Å². The van der Waals surface area contributed by atoms with Crippen LogP contribution in [-0.2, 0) is 16.6 Å². The van der Waals surface area contributed by atoms with E-state index >= 15 is 0 Å². The summed E-state index contributed by atoms with van der Waals surface area (Å²) in [4.78, 5) is 0. The van der Waals surface area contributed by atoms with Crippen molar-refractivity contribution >= 4 is 10.2 Å². The maximum absolute atomic E-state index is 11.5. The Hall–Kier alpha value is -1.11. The molecule has 1 N–H and O–H groups in total. The number of nitrogens with zero attached hydrogens (tertiary/aromatic N) is 1. The summed E-state index contributed by atoms with van der Waals surface area (Å²) < 4.78 is 32.1. The number of hydrogen-bond donors (Lipinski definition) is 1. The molecule has 1 aromatic carbocycles. The highest BCUT2D eigenvalue weighted by Crippen LogP contribution is 2.13. The van der Waals surface area contributed by atoms with E-state index in [9.17, 15) is 8.42 Å². The lowest BCUT2D eigenvalue weighted by Crippen LogP contribution is -2.31. The number of nitrogens with one attached hydrogen (secondary N) is 1. The Kier molecular flexibility index (Phi) is 3.66. The molecule has 0 aliphatic carbocycles. The second kappa shape index (κ2) is 5.03. The van der Waals surface area contributed by atoms with Gasteiger partial charge in [0.05, 0.1) is 7.11 Å². The van der Waals surface area contributed by atoms with Crippen LogP contribution in [0.2, 0.25) is 0 Å². The highest BCUT2D eigenvalue weighted by Gasteiger charge is 2.30. The van der Waals surface area contributed by atoms with Gasteiger partial charge in [0.1, 0.15) is 5.75 Å². The van der Waals surface area contributed by atoms with Gasteiger partial charge >= 0.3 is 0 Å². The monoisotopic (exact) mass is 256 g/mol. The van der Waals surface area contributed by atoms with Crippen LogP contribution in [-0.4, -0.2) is 39.5 Å². The van der Waals surface area contributed by atoms with Gasteiger partial charge in [0.15, 0.2) is 0 Å². The van der Waals surface area contributed by atoms with Crippen molar-refractivity contribution in [2.45, 2.75) is 6.42 Å². The van der Waals surface area contributed by atoms with E-state index in [0.29, 0.717) is 26.1 Å². The fourth-order valence-corrected chi connectivity index (χ4v) is 2.63. The van der Waals surface area contributed by atoms with Crippen molar-refractivity contribution in [1.82, 2.24) is 9.03 Å². The van der Waals surface area contributed by atoms with E-state index < -0.39 is 10.2 Å². The minimum Gasteiger partial charge on any atom is -0.497 e. The summed E-state index contributed by atoms with van der Waals surface area (Å²) >= 11 is 0. The van der Waals surface area contributed by atoms with E-state index in [-0.39, 0.29) is 0 Å². The van der Waals surface area contributed by atoms with E-state index in [1.54, 1.807) is 7.11 Å². The Morgan fingerprint density at radius 2 is 2.18 bits per heavy atom. The van der Waals surface area contributed by atoms with Crippen molar-refractivity contribution < 1.29 is 13.2 Å². The van der Waals surface area contributed by atoms with Gasteiger partial charge in [0.2, 0.25) is 0 Å². The molecule has 0 amide bonds. The van der Waals surface area contributed by atoms with Crippen molar-refractivity contribution in [1.29, 1.82) is 0 Å². The maximum atomic E-state index is 11.5. The number of benzene rings is 1. The second-order valence-electron chi connectivity index (χ2n) is 3.90. The first-order chi connectivity index (χ1) is 8.12. The zero-order valence-corrected chi connectivity index (χ0v) is 10.5. The lowest BCUT2D eigenvalue weighted by molar-refractivity contribution is 0.414. The molecular formula is C11H16N2O3S. The van der Waals surface area contributed by atoms with Crippen LogP contribution < -0.4 is 9.46 Å². The van der Waals surface area contributed by atoms with Gasteiger partial charge in [-0.25, -0.2) is 4.72 Å². The minimum atomic E-state index is -3.22. The van der Waals surface area contributed by atoms with E-state index in [2.05, 4.69) is 4.72 Å². The molecule has 1 saturated heterocycles. The SMILES string of the molecule is COc1cccc(CCNS(=O)(=O)N2CC2)c1. The first-order valence-electron chi connectivity index (χ1n) is 5.49. The maximum Gasteiger partial charge on any atom is 0.279 e. The molecule has 0 unspecified atom stereocenters. The van der Waals surface area contributed by atoms with Gasteiger partial charge in [-0.3, -0.25) is 0 Å². The highest BCUT2D eigenvalue weighted by atomic mass is 32.2. The Morgan fingerprint density at radius 1 is 1.41 bits per heavy atom. The third-order valence-electron chi connectivity index (χ3n) is 2.58. The first-order valence-corrected chi connectivity index (χ1v) is 6.93. The zero-order chi connectivity index (χ0) is 12.3. The van der Waals surface area contributed by atoms with Crippen LogP contribution in [0.3, 0.4) is 0 Å². The fraction of sp³-hybridized carbons (Fsp3) is 0.455. The molecule has 0 spiro atoms. The van der Waals surface area contributed by atoms with Crippen molar-refractivity contribution in [3.63, 3.8) is 0 Å². The van der Waals surface area contributed by atoms with Gasteiger partial charge in [-0.2, -0.15) is 12.7 Å². The Labute approximate surface area is 102 Å². The quantitative estimate of drug-likeness (QED) is 0.749. The number of rotatable bonds is 6. The lowest BCUT2D eigenvalue weighted by Gasteiger charge is -2.07. The molecular weight excluding hydrogens is 240 g/mol. The summed E-state index contributed by atoms with van der Waals surface area (Å²) in [5.41, 5.74) is 1.05. The number of methoxy groups -OCH3 is 1. The van der Waals surface area contributed by atoms with Gasteiger partial charge in [-0.15, -0.1) is 0 Å². The fourth-order valence-electron chi connectivity index (χ4n) is 1.52. The second-order valence-corrected chi connectivity index (χ2v) is 5.66. The van der Waals surface area contributed by atoms with Gasteiger partial charge < -0.3 is 4.74 Å². The summed E-state index contributed by atoms with van der Waals surface area (Å²) in [6.45, 7) is 1.68. The van der Waals surface area contributed by atoms with Crippen LogP contribution in [0.4, 0.5) is 0 Å². The van der Waals surface area contributed by atoms with E-state index in [1.165, 1.54) is 4.31 Å². The van der Waals surface area contributed by atoms with Gasteiger partial charge in [0.25, 0.3) is 10.2 Å². The minimum absolute atomic E-state index is 0.409. The molecule has 1 aliphatic heterocycles. The van der Waals surface area contributed by atoms with Crippen LogP contribution in [0.25, 0.3) is 0 Å². The molecule has 0 atom stereocenters. The largest absolute Gasteiger partial charge is 0.497 e. The smallest absolute Gasteiger partial charge is 0.279 e. The summed E-state index contributed by atoms with van der Waals surface area (Å²) in [6, 6.07) is 7.62. The average Bonchev–Trinajstić information content (AvgIpc) is 3.13. The molecule has 0 saturated carbocycles. The molecule has 94 valence electrons. The summed E-state index contributed by atoms with van der Waals surface area (Å²) in [5.74, 6) is 0.788. The molecule has 1 fully saturated rings. The predicted molar refractivity (Wildman–Crippen MR) is 65.2 cm³/mol. The molecule has 1 aromatic rings. The van der Waals surface area contributed by atoms with Crippen LogP contribution in [0.15, 0.2) is 24.3 Å². The zero-order valence-electron chi connectivity index (χ0n) is 9.72. The topological polar surface area (TPSA) is 58.4 Å². The Balaban J connectivity index is 1.85. The molecule has 1 heterocycles. The summed E-state index contributed by atoms with van der Waals surface area (Å²) in [7, 11) is -1.61. The molecule has 1 aliphatic rings. The van der Waals surface area contributed by atoms with Crippen LogP contribution in [0, 0.1) is 0 Å². The standard InChI is InChI=1S/C11H16N2O3S/c1-16-11-4-2-3-10(9-11)5-6-12-17(14,15)13-7-8-13/h2-4,9,12H,5-8H2,1H3. The molecule has 0 bridgehead atoms. The third kappa shape index (κ3) is 3.42. The van der Waals surface area contributed by atoms with Crippen molar-refractivity contribution in [2.75, 3.05) is 26.7 Å². The van der Waals surface area contributed by atoms with Crippen molar-refractivity contribution in [3.8, 4) is 5.75 Å². The van der Waals surface area contributed by atoms with Crippen LogP contribution >= 0.6 is 0 Å². The Morgan fingerprint density at radius 3 is 2.82 bits per heavy atom. The molecule has 17 heavy (non-hydrogen) atoms. The van der Waals surface area contributed by atoms with E-state index in [0.717, 1.165) is 11.3 Å². The molecule has 0 radical (unpaired) electrons.